The Morgan fingerprint density at radius 3 is 2.31 bits per heavy atom. The smallest absolute Gasteiger partial charge is 0.190 e. The first kappa shape index (κ1) is 15.2. The molecule has 0 aliphatic carbocycles. The average Bonchev–Trinajstić information content (AvgIpc) is 2.17. The van der Waals surface area contributed by atoms with Gasteiger partial charge < -0.3 is 0 Å². The first-order chi connectivity index (χ1) is 7.35. The van der Waals surface area contributed by atoms with Crippen molar-refractivity contribution in [2.75, 3.05) is 0 Å². The summed E-state index contributed by atoms with van der Waals surface area (Å²) in [5, 5.41) is 0.0633. The standard InChI is InChI=1S/C13H20O2S/c1-6-8-12(15)16-13(5,11(4)14)9-10(3)7-2/h7,9H,2,6,8H2,1,3-5H3/b10-9+/t13-/m1/s1. The highest BCUT2D eigenvalue weighted by Gasteiger charge is 2.30. The van der Waals surface area contributed by atoms with E-state index in [-0.39, 0.29) is 10.9 Å². The Balaban J connectivity index is 4.91. The van der Waals surface area contributed by atoms with E-state index in [1.54, 1.807) is 19.1 Å². The lowest BCUT2D eigenvalue weighted by molar-refractivity contribution is -0.118. The minimum Gasteiger partial charge on any atom is -0.298 e. The van der Waals surface area contributed by atoms with Crippen LogP contribution in [0.15, 0.2) is 24.3 Å². The lowest BCUT2D eigenvalue weighted by Crippen LogP contribution is -2.29. The van der Waals surface area contributed by atoms with E-state index >= 15 is 0 Å². The molecule has 3 heteroatoms. The van der Waals surface area contributed by atoms with Crippen LogP contribution in [0, 0.1) is 0 Å². The molecule has 0 rings (SSSR count). The minimum atomic E-state index is -0.759. The van der Waals surface area contributed by atoms with Gasteiger partial charge in [0.25, 0.3) is 0 Å². The number of Topliss-reactive ketones (excluding diaryl/α,β-unsaturated/α-hetero) is 1. The Morgan fingerprint density at radius 1 is 1.38 bits per heavy atom. The van der Waals surface area contributed by atoms with Crippen LogP contribution in [0.1, 0.15) is 40.5 Å². The summed E-state index contributed by atoms with van der Waals surface area (Å²) in [5.41, 5.74) is 0.912. The summed E-state index contributed by atoms with van der Waals surface area (Å²) in [5.74, 6) is -0.0110. The van der Waals surface area contributed by atoms with Gasteiger partial charge in [0.15, 0.2) is 5.12 Å². The SMILES string of the molecule is C=C/C(C)=C/[C@@](C)(SC(=O)CCC)C(C)=O. The fourth-order valence-corrected chi connectivity index (χ4v) is 2.36. The van der Waals surface area contributed by atoms with Gasteiger partial charge in [-0.1, -0.05) is 43.0 Å². The number of carbonyl (C=O) groups is 2. The number of hydrogen-bond acceptors (Lipinski definition) is 3. The molecule has 0 unspecified atom stereocenters. The molecule has 1 atom stereocenters. The molecule has 0 aliphatic heterocycles. The molecule has 0 aliphatic rings. The Morgan fingerprint density at radius 2 is 1.94 bits per heavy atom. The molecule has 0 aromatic rings. The van der Waals surface area contributed by atoms with Crippen molar-refractivity contribution in [3.63, 3.8) is 0 Å². The molecule has 0 bridgehead atoms. The fourth-order valence-electron chi connectivity index (χ4n) is 1.19. The normalized spacial score (nSPS) is 15.4. The second-order valence-corrected chi connectivity index (χ2v) is 5.49. The highest BCUT2D eigenvalue weighted by atomic mass is 32.2. The van der Waals surface area contributed by atoms with Gasteiger partial charge in [0, 0.05) is 6.42 Å². The van der Waals surface area contributed by atoms with Crippen LogP contribution >= 0.6 is 11.8 Å². The highest BCUT2D eigenvalue weighted by molar-refractivity contribution is 8.15. The zero-order valence-electron chi connectivity index (χ0n) is 10.5. The molecule has 0 saturated heterocycles. The van der Waals surface area contributed by atoms with Crippen molar-refractivity contribution in [3.05, 3.63) is 24.3 Å². The minimum absolute atomic E-state index is 0.0110. The van der Waals surface area contributed by atoms with Crippen LogP contribution in [-0.2, 0) is 9.59 Å². The summed E-state index contributed by atoms with van der Waals surface area (Å²) in [4.78, 5) is 23.2. The van der Waals surface area contributed by atoms with Crippen LogP contribution < -0.4 is 0 Å². The fraction of sp³-hybridized carbons (Fsp3) is 0.538. The maximum Gasteiger partial charge on any atom is 0.190 e. The van der Waals surface area contributed by atoms with E-state index in [2.05, 4.69) is 6.58 Å². The van der Waals surface area contributed by atoms with Gasteiger partial charge >= 0.3 is 0 Å². The molecule has 0 amide bonds. The van der Waals surface area contributed by atoms with Crippen LogP contribution in [0.2, 0.25) is 0 Å². The van der Waals surface area contributed by atoms with Gasteiger partial charge in [0.05, 0.1) is 4.75 Å². The molecule has 0 spiro atoms. The van der Waals surface area contributed by atoms with E-state index in [1.807, 2.05) is 13.8 Å². The van der Waals surface area contributed by atoms with Crippen molar-refractivity contribution in [1.29, 1.82) is 0 Å². The molecule has 0 saturated carbocycles. The van der Waals surface area contributed by atoms with Gasteiger partial charge in [0.2, 0.25) is 0 Å². The monoisotopic (exact) mass is 240 g/mol. The summed E-state index contributed by atoms with van der Waals surface area (Å²) in [6.07, 6.45) is 4.81. The van der Waals surface area contributed by atoms with Crippen molar-refractivity contribution in [3.8, 4) is 0 Å². The maximum atomic E-state index is 11.6. The summed E-state index contributed by atoms with van der Waals surface area (Å²) < 4.78 is -0.759. The van der Waals surface area contributed by atoms with Crippen LogP contribution in [0.4, 0.5) is 0 Å². The Kier molecular flexibility index (Phi) is 6.34. The van der Waals surface area contributed by atoms with Gasteiger partial charge in [-0.15, -0.1) is 0 Å². The van der Waals surface area contributed by atoms with E-state index in [4.69, 9.17) is 0 Å². The zero-order chi connectivity index (χ0) is 12.8. The number of rotatable bonds is 6. The Labute approximate surface area is 102 Å². The molecular formula is C13H20O2S. The first-order valence-corrected chi connectivity index (χ1v) is 6.22. The van der Waals surface area contributed by atoms with Gasteiger partial charge in [-0.3, -0.25) is 9.59 Å². The lowest BCUT2D eigenvalue weighted by Gasteiger charge is -2.21. The molecule has 16 heavy (non-hydrogen) atoms. The van der Waals surface area contributed by atoms with Crippen LogP contribution in [-0.4, -0.2) is 15.6 Å². The molecule has 0 radical (unpaired) electrons. The van der Waals surface area contributed by atoms with Crippen LogP contribution in [0.25, 0.3) is 0 Å². The van der Waals surface area contributed by atoms with E-state index in [0.717, 1.165) is 23.8 Å². The van der Waals surface area contributed by atoms with Crippen molar-refractivity contribution in [2.24, 2.45) is 0 Å². The van der Waals surface area contributed by atoms with Crippen LogP contribution in [0.5, 0.6) is 0 Å². The Hall–Kier alpha value is -0.830. The van der Waals surface area contributed by atoms with Gasteiger partial charge in [-0.2, -0.15) is 0 Å². The molecule has 90 valence electrons. The van der Waals surface area contributed by atoms with Gasteiger partial charge in [0.1, 0.15) is 5.78 Å². The largest absolute Gasteiger partial charge is 0.298 e. The molecule has 0 aromatic heterocycles. The van der Waals surface area contributed by atoms with E-state index in [9.17, 15) is 9.59 Å². The molecule has 0 fully saturated rings. The highest BCUT2D eigenvalue weighted by Crippen LogP contribution is 2.31. The number of hydrogen-bond donors (Lipinski definition) is 0. The summed E-state index contributed by atoms with van der Waals surface area (Å²) in [6, 6.07) is 0. The maximum absolute atomic E-state index is 11.6. The average molecular weight is 240 g/mol. The summed E-state index contributed by atoms with van der Waals surface area (Å²) in [7, 11) is 0. The Bertz CT molecular complexity index is 318. The molecule has 2 nitrogen and oxygen atoms in total. The van der Waals surface area contributed by atoms with Gasteiger partial charge in [-0.05, 0) is 27.2 Å². The number of ketones is 1. The second-order valence-electron chi connectivity index (χ2n) is 3.98. The number of carbonyl (C=O) groups excluding carboxylic acids is 2. The second kappa shape index (κ2) is 6.69. The quantitative estimate of drug-likeness (QED) is 0.666. The molecule has 0 heterocycles. The number of allylic oxidation sites excluding steroid dienone is 2. The molecule has 0 aromatic carbocycles. The third kappa shape index (κ3) is 4.79. The van der Waals surface area contributed by atoms with Crippen LogP contribution in [0.3, 0.4) is 0 Å². The predicted molar refractivity (Wildman–Crippen MR) is 70.5 cm³/mol. The van der Waals surface area contributed by atoms with Crippen molar-refractivity contribution in [1.82, 2.24) is 0 Å². The van der Waals surface area contributed by atoms with Gasteiger partial charge in [-0.25, -0.2) is 0 Å². The van der Waals surface area contributed by atoms with Crippen molar-refractivity contribution >= 4 is 22.7 Å². The van der Waals surface area contributed by atoms with E-state index in [1.165, 1.54) is 6.92 Å². The first-order valence-electron chi connectivity index (χ1n) is 5.40. The number of thioether (sulfide) groups is 1. The predicted octanol–water partition coefficient (Wildman–Crippen LogP) is 3.53. The zero-order valence-corrected chi connectivity index (χ0v) is 11.3. The van der Waals surface area contributed by atoms with E-state index in [0.29, 0.717) is 6.42 Å². The topological polar surface area (TPSA) is 34.1 Å². The van der Waals surface area contributed by atoms with E-state index < -0.39 is 4.75 Å². The van der Waals surface area contributed by atoms with Crippen molar-refractivity contribution in [2.45, 2.75) is 45.3 Å². The summed E-state index contributed by atoms with van der Waals surface area (Å²) in [6.45, 7) is 10.8. The third-order valence-corrected chi connectivity index (χ3v) is 3.57. The summed E-state index contributed by atoms with van der Waals surface area (Å²) >= 11 is 1.11. The molecular weight excluding hydrogens is 220 g/mol. The lowest BCUT2D eigenvalue weighted by atomic mass is 10.0. The third-order valence-electron chi connectivity index (χ3n) is 2.30. The van der Waals surface area contributed by atoms with Crippen molar-refractivity contribution < 1.29 is 9.59 Å². The molecule has 0 N–H and O–H groups in total.